The predicted molar refractivity (Wildman–Crippen MR) is 76.1 cm³/mol. The Kier molecular flexibility index (Phi) is 4.74. The molecule has 1 aliphatic rings. The Bertz CT molecular complexity index is 588. The Hall–Kier alpha value is -2.15. The lowest BCUT2D eigenvalue weighted by molar-refractivity contribution is -0.135. The number of aromatic nitrogens is 1. The van der Waals surface area contributed by atoms with E-state index in [0.717, 1.165) is 0 Å². The molecule has 1 aliphatic heterocycles. The number of carbonyl (C=O) groups is 2. The molecule has 0 atom stereocenters. The maximum absolute atomic E-state index is 12.2. The first-order valence-electron chi connectivity index (χ1n) is 6.76. The SMILES string of the molecule is CN(C)C(=O)c1ccc(=O)n(CC(=O)N2CCOCC2)c1. The molecule has 21 heavy (non-hydrogen) atoms. The first kappa shape index (κ1) is 15.2. The van der Waals surface area contributed by atoms with Gasteiger partial charge in [-0.05, 0) is 6.07 Å². The van der Waals surface area contributed by atoms with Gasteiger partial charge < -0.3 is 19.1 Å². The minimum Gasteiger partial charge on any atom is -0.378 e. The number of carbonyl (C=O) groups excluding carboxylic acids is 2. The maximum Gasteiger partial charge on any atom is 0.254 e. The molecular formula is C14H19N3O4. The van der Waals surface area contributed by atoms with Crippen molar-refractivity contribution < 1.29 is 14.3 Å². The third-order valence-corrected chi connectivity index (χ3v) is 3.31. The van der Waals surface area contributed by atoms with Crippen LogP contribution >= 0.6 is 0 Å². The van der Waals surface area contributed by atoms with E-state index in [1.54, 1.807) is 19.0 Å². The van der Waals surface area contributed by atoms with Gasteiger partial charge in [-0.15, -0.1) is 0 Å². The standard InChI is InChI=1S/C14H19N3O4/c1-15(2)14(20)11-3-4-12(18)17(9-11)10-13(19)16-5-7-21-8-6-16/h3-4,9H,5-8,10H2,1-2H3. The third-order valence-electron chi connectivity index (χ3n) is 3.31. The summed E-state index contributed by atoms with van der Waals surface area (Å²) in [5.74, 6) is -0.350. The van der Waals surface area contributed by atoms with Crippen LogP contribution in [0.2, 0.25) is 0 Å². The zero-order valence-corrected chi connectivity index (χ0v) is 12.2. The lowest BCUT2D eigenvalue weighted by atomic mass is 10.2. The van der Waals surface area contributed by atoms with E-state index in [1.807, 2.05) is 0 Å². The number of hydrogen-bond acceptors (Lipinski definition) is 4. The van der Waals surface area contributed by atoms with E-state index < -0.39 is 0 Å². The number of amides is 2. The van der Waals surface area contributed by atoms with Gasteiger partial charge >= 0.3 is 0 Å². The molecule has 2 rings (SSSR count). The van der Waals surface area contributed by atoms with Gasteiger partial charge in [0.25, 0.3) is 11.5 Å². The minimum absolute atomic E-state index is 0.0621. The topological polar surface area (TPSA) is 71.9 Å². The Labute approximate surface area is 122 Å². The lowest BCUT2D eigenvalue weighted by Crippen LogP contribution is -2.43. The molecule has 7 heteroatoms. The monoisotopic (exact) mass is 293 g/mol. The van der Waals surface area contributed by atoms with Gasteiger partial charge in [-0.3, -0.25) is 14.4 Å². The van der Waals surface area contributed by atoms with Crippen LogP contribution in [0.4, 0.5) is 0 Å². The van der Waals surface area contributed by atoms with Gasteiger partial charge in [0.2, 0.25) is 5.91 Å². The highest BCUT2D eigenvalue weighted by Crippen LogP contribution is 2.02. The van der Waals surface area contributed by atoms with Crippen LogP contribution in [0.15, 0.2) is 23.1 Å². The lowest BCUT2D eigenvalue weighted by Gasteiger charge is -2.27. The summed E-state index contributed by atoms with van der Waals surface area (Å²) >= 11 is 0. The van der Waals surface area contributed by atoms with E-state index in [1.165, 1.54) is 27.8 Å². The number of nitrogens with zero attached hydrogens (tertiary/aromatic N) is 3. The minimum atomic E-state index is -0.299. The molecule has 0 aliphatic carbocycles. The highest BCUT2D eigenvalue weighted by Gasteiger charge is 2.18. The molecule has 0 saturated carbocycles. The molecule has 0 radical (unpaired) electrons. The molecule has 0 N–H and O–H groups in total. The third kappa shape index (κ3) is 3.69. The van der Waals surface area contributed by atoms with E-state index in [0.29, 0.717) is 31.9 Å². The molecule has 2 amide bonds. The highest BCUT2D eigenvalue weighted by molar-refractivity contribution is 5.93. The van der Waals surface area contributed by atoms with Crippen LogP contribution in [0.25, 0.3) is 0 Å². The number of morpholine rings is 1. The van der Waals surface area contributed by atoms with Crippen molar-refractivity contribution in [3.63, 3.8) is 0 Å². The fourth-order valence-electron chi connectivity index (χ4n) is 2.10. The van der Waals surface area contributed by atoms with E-state index in [-0.39, 0.29) is 23.9 Å². The van der Waals surface area contributed by atoms with Gasteiger partial charge in [0.1, 0.15) is 6.54 Å². The Morgan fingerprint density at radius 1 is 1.24 bits per heavy atom. The molecule has 1 aromatic heterocycles. The average Bonchev–Trinajstić information content (AvgIpc) is 2.49. The van der Waals surface area contributed by atoms with Crippen molar-refractivity contribution in [2.45, 2.75) is 6.54 Å². The van der Waals surface area contributed by atoms with Crippen LogP contribution < -0.4 is 5.56 Å². The van der Waals surface area contributed by atoms with Crippen LogP contribution in [-0.4, -0.2) is 66.6 Å². The normalized spacial score (nSPS) is 14.9. The van der Waals surface area contributed by atoms with E-state index >= 15 is 0 Å². The van der Waals surface area contributed by atoms with Gasteiger partial charge in [-0.25, -0.2) is 0 Å². The molecular weight excluding hydrogens is 274 g/mol. The smallest absolute Gasteiger partial charge is 0.254 e. The summed E-state index contributed by atoms with van der Waals surface area (Å²) in [7, 11) is 3.27. The Morgan fingerprint density at radius 3 is 2.52 bits per heavy atom. The number of ether oxygens (including phenoxy) is 1. The van der Waals surface area contributed by atoms with Crippen molar-refractivity contribution in [2.24, 2.45) is 0 Å². The van der Waals surface area contributed by atoms with E-state index in [9.17, 15) is 14.4 Å². The summed E-state index contributed by atoms with van der Waals surface area (Å²) in [6, 6.07) is 2.78. The summed E-state index contributed by atoms with van der Waals surface area (Å²) < 4.78 is 6.46. The summed E-state index contributed by atoms with van der Waals surface area (Å²) in [6.45, 7) is 2.03. The molecule has 1 saturated heterocycles. The van der Waals surface area contributed by atoms with Crippen LogP contribution in [0, 0.1) is 0 Å². The quantitative estimate of drug-likeness (QED) is 0.747. The zero-order chi connectivity index (χ0) is 15.4. The van der Waals surface area contributed by atoms with Gasteiger partial charge in [0.05, 0.1) is 18.8 Å². The largest absolute Gasteiger partial charge is 0.378 e. The van der Waals surface area contributed by atoms with E-state index in [4.69, 9.17) is 4.74 Å². The fraction of sp³-hybridized carbons (Fsp3) is 0.500. The second-order valence-electron chi connectivity index (χ2n) is 5.08. The zero-order valence-electron chi connectivity index (χ0n) is 12.2. The van der Waals surface area contributed by atoms with Crippen LogP contribution in [0.1, 0.15) is 10.4 Å². The predicted octanol–water partition coefficient (Wildman–Crippen LogP) is -0.591. The second-order valence-corrected chi connectivity index (χ2v) is 5.08. The van der Waals surface area contributed by atoms with Crippen molar-refractivity contribution in [1.82, 2.24) is 14.4 Å². The number of hydrogen-bond donors (Lipinski definition) is 0. The summed E-state index contributed by atoms with van der Waals surface area (Å²) in [5, 5.41) is 0. The van der Waals surface area contributed by atoms with Gasteiger partial charge in [0, 0.05) is 39.4 Å². The van der Waals surface area contributed by atoms with Crippen LogP contribution in [-0.2, 0) is 16.1 Å². The summed E-state index contributed by atoms with van der Waals surface area (Å²) in [5.41, 5.74) is 0.0845. The van der Waals surface area contributed by atoms with Crippen molar-refractivity contribution in [1.29, 1.82) is 0 Å². The summed E-state index contributed by atoms with van der Waals surface area (Å²) in [6.07, 6.45) is 1.43. The van der Waals surface area contributed by atoms with Gasteiger partial charge in [-0.1, -0.05) is 0 Å². The molecule has 114 valence electrons. The second kappa shape index (κ2) is 6.53. The maximum atomic E-state index is 12.2. The number of pyridine rings is 1. The molecule has 0 unspecified atom stereocenters. The average molecular weight is 293 g/mol. The van der Waals surface area contributed by atoms with Crippen molar-refractivity contribution >= 4 is 11.8 Å². The Balaban J connectivity index is 2.15. The molecule has 1 fully saturated rings. The first-order valence-corrected chi connectivity index (χ1v) is 6.76. The van der Waals surface area contributed by atoms with Crippen molar-refractivity contribution in [3.05, 3.63) is 34.2 Å². The van der Waals surface area contributed by atoms with Crippen LogP contribution in [0.5, 0.6) is 0 Å². The molecule has 1 aromatic rings. The molecule has 0 spiro atoms. The van der Waals surface area contributed by atoms with Gasteiger partial charge in [-0.2, -0.15) is 0 Å². The van der Waals surface area contributed by atoms with E-state index in [2.05, 4.69) is 0 Å². The summed E-state index contributed by atoms with van der Waals surface area (Å²) in [4.78, 5) is 39.0. The number of rotatable bonds is 3. The fourth-order valence-corrected chi connectivity index (χ4v) is 2.10. The van der Waals surface area contributed by atoms with Crippen molar-refractivity contribution in [3.8, 4) is 0 Å². The first-order chi connectivity index (χ1) is 9.99. The van der Waals surface area contributed by atoms with Crippen molar-refractivity contribution in [2.75, 3.05) is 40.4 Å². The van der Waals surface area contributed by atoms with Crippen LogP contribution in [0.3, 0.4) is 0 Å². The molecule has 0 bridgehead atoms. The highest BCUT2D eigenvalue weighted by atomic mass is 16.5. The molecule has 2 heterocycles. The Morgan fingerprint density at radius 2 is 1.90 bits per heavy atom. The van der Waals surface area contributed by atoms with Gasteiger partial charge in [0.15, 0.2) is 0 Å². The molecule has 0 aromatic carbocycles. The molecule has 7 nitrogen and oxygen atoms in total.